The van der Waals surface area contributed by atoms with Crippen molar-refractivity contribution < 1.29 is 9.90 Å². The second-order valence-electron chi connectivity index (χ2n) is 5.20. The van der Waals surface area contributed by atoms with Crippen LogP contribution in [-0.2, 0) is 0 Å². The summed E-state index contributed by atoms with van der Waals surface area (Å²) in [7, 11) is 0. The van der Waals surface area contributed by atoms with E-state index < -0.39 is 5.97 Å². The van der Waals surface area contributed by atoms with E-state index in [2.05, 4.69) is 31.0 Å². The molecule has 2 heterocycles. The highest BCUT2D eigenvalue weighted by Gasteiger charge is 2.15. The zero-order chi connectivity index (χ0) is 15.9. The second-order valence-corrected chi connectivity index (χ2v) is 7.28. The molecule has 4 nitrogen and oxygen atoms in total. The number of thiazole rings is 1. The maximum Gasteiger partial charge on any atom is 0.347 e. The highest BCUT2D eigenvalue weighted by atomic mass is 32.1. The van der Waals surface area contributed by atoms with Crippen LogP contribution >= 0.6 is 22.7 Å². The molecule has 0 aliphatic rings. The van der Waals surface area contributed by atoms with Gasteiger partial charge in [0.05, 0.1) is 21.3 Å². The fourth-order valence-electron chi connectivity index (χ4n) is 2.18. The zero-order valence-corrected chi connectivity index (χ0v) is 13.6. The Labute approximate surface area is 135 Å². The van der Waals surface area contributed by atoms with Crippen LogP contribution in [0.3, 0.4) is 0 Å². The highest BCUT2D eigenvalue weighted by Crippen LogP contribution is 2.38. The molecule has 1 aromatic carbocycles. The molecule has 0 atom stereocenters. The fourth-order valence-corrected chi connectivity index (χ4v) is 4.10. The molecule has 22 heavy (non-hydrogen) atoms. The van der Waals surface area contributed by atoms with Crippen LogP contribution in [0.4, 0.5) is 0 Å². The van der Waals surface area contributed by atoms with Crippen LogP contribution in [0.15, 0.2) is 24.4 Å². The molecular weight excluding hydrogens is 316 g/mol. The summed E-state index contributed by atoms with van der Waals surface area (Å²) in [6.07, 6.45) is 1.37. The SMILES string of the molecule is CC(C)c1cc(C#N)c2sc(-c3ncc(C(=O)O)s3)cc2c1. The second kappa shape index (κ2) is 5.52. The molecule has 0 aliphatic carbocycles. The fraction of sp³-hybridized carbons (Fsp3) is 0.188. The molecule has 0 spiro atoms. The van der Waals surface area contributed by atoms with Crippen LogP contribution in [0.2, 0.25) is 0 Å². The first-order valence-electron chi connectivity index (χ1n) is 6.66. The Bertz CT molecular complexity index is 916. The van der Waals surface area contributed by atoms with Gasteiger partial charge in [0.15, 0.2) is 0 Å². The predicted octanol–water partition coefficient (Wildman–Crippen LogP) is 4.72. The third-order valence-corrected chi connectivity index (χ3v) is 5.69. The number of carboxylic acid groups (broad SMARTS) is 1. The van der Waals surface area contributed by atoms with Gasteiger partial charge in [0, 0.05) is 0 Å². The Morgan fingerprint density at radius 1 is 1.32 bits per heavy atom. The van der Waals surface area contributed by atoms with Gasteiger partial charge in [-0.05, 0) is 35.1 Å². The van der Waals surface area contributed by atoms with Gasteiger partial charge >= 0.3 is 5.97 Å². The standard InChI is InChI=1S/C16H12N2O2S2/c1-8(2)9-3-10-5-12(21-14(10)11(4-9)6-17)15-18-7-13(22-15)16(19)20/h3-5,7-8H,1-2H3,(H,19,20). The molecule has 0 aliphatic heterocycles. The third kappa shape index (κ3) is 2.49. The molecule has 3 rings (SSSR count). The largest absolute Gasteiger partial charge is 0.477 e. The number of rotatable bonds is 3. The van der Waals surface area contributed by atoms with Crippen molar-refractivity contribution in [3.8, 4) is 16.0 Å². The lowest BCUT2D eigenvalue weighted by Crippen LogP contribution is -1.89. The Morgan fingerprint density at radius 2 is 2.09 bits per heavy atom. The minimum atomic E-state index is -0.968. The van der Waals surface area contributed by atoms with Crippen LogP contribution in [0.25, 0.3) is 20.0 Å². The number of nitriles is 1. The van der Waals surface area contributed by atoms with Crippen LogP contribution in [0, 0.1) is 11.3 Å². The number of carboxylic acids is 1. The summed E-state index contributed by atoms with van der Waals surface area (Å²) in [6, 6.07) is 8.25. The van der Waals surface area contributed by atoms with Gasteiger partial charge in [0.1, 0.15) is 16.0 Å². The number of benzene rings is 1. The smallest absolute Gasteiger partial charge is 0.347 e. The Morgan fingerprint density at radius 3 is 2.68 bits per heavy atom. The predicted molar refractivity (Wildman–Crippen MR) is 88.7 cm³/mol. The van der Waals surface area contributed by atoms with Crippen LogP contribution in [-0.4, -0.2) is 16.1 Å². The minimum Gasteiger partial charge on any atom is -0.477 e. The van der Waals surface area contributed by atoms with E-state index in [0.29, 0.717) is 16.5 Å². The lowest BCUT2D eigenvalue weighted by Gasteiger charge is -2.05. The third-order valence-electron chi connectivity index (χ3n) is 3.35. The molecule has 2 aromatic heterocycles. The topological polar surface area (TPSA) is 74.0 Å². The number of hydrogen-bond acceptors (Lipinski definition) is 5. The number of carbonyl (C=O) groups is 1. The van der Waals surface area contributed by atoms with Crippen molar-refractivity contribution in [2.75, 3.05) is 0 Å². The van der Waals surface area contributed by atoms with Gasteiger partial charge in [0.2, 0.25) is 0 Å². The van der Waals surface area contributed by atoms with Crippen molar-refractivity contribution in [1.29, 1.82) is 5.26 Å². The van der Waals surface area contributed by atoms with E-state index in [1.54, 1.807) is 0 Å². The zero-order valence-electron chi connectivity index (χ0n) is 12.0. The van der Waals surface area contributed by atoms with E-state index in [0.717, 1.165) is 31.9 Å². The van der Waals surface area contributed by atoms with E-state index in [1.165, 1.54) is 17.5 Å². The first-order chi connectivity index (χ1) is 10.5. The summed E-state index contributed by atoms with van der Waals surface area (Å²) in [5, 5.41) is 20.0. The van der Waals surface area contributed by atoms with Gasteiger partial charge in [0.25, 0.3) is 0 Å². The van der Waals surface area contributed by atoms with Crippen LogP contribution < -0.4 is 0 Å². The molecule has 3 aromatic rings. The van der Waals surface area contributed by atoms with Crippen molar-refractivity contribution in [2.24, 2.45) is 0 Å². The van der Waals surface area contributed by atoms with Gasteiger partial charge in [-0.15, -0.1) is 22.7 Å². The lowest BCUT2D eigenvalue weighted by molar-refractivity contribution is 0.0702. The quantitative estimate of drug-likeness (QED) is 0.755. The van der Waals surface area contributed by atoms with E-state index in [4.69, 9.17) is 5.11 Å². The van der Waals surface area contributed by atoms with Crippen molar-refractivity contribution in [3.63, 3.8) is 0 Å². The normalized spacial score (nSPS) is 11.0. The van der Waals surface area contributed by atoms with Crippen molar-refractivity contribution in [3.05, 3.63) is 40.4 Å². The average molecular weight is 328 g/mol. The van der Waals surface area contributed by atoms with Crippen molar-refractivity contribution in [1.82, 2.24) is 4.98 Å². The number of hydrogen-bond donors (Lipinski definition) is 1. The number of fused-ring (bicyclic) bond motifs is 1. The van der Waals surface area contributed by atoms with E-state index >= 15 is 0 Å². The van der Waals surface area contributed by atoms with Crippen molar-refractivity contribution >= 4 is 38.7 Å². The molecule has 0 bridgehead atoms. The molecule has 1 N–H and O–H groups in total. The summed E-state index contributed by atoms with van der Waals surface area (Å²) >= 11 is 2.63. The molecule has 0 radical (unpaired) electrons. The first-order valence-corrected chi connectivity index (χ1v) is 8.30. The van der Waals surface area contributed by atoms with E-state index in [9.17, 15) is 10.1 Å². The molecule has 0 saturated carbocycles. The summed E-state index contributed by atoms with van der Waals surface area (Å²) < 4.78 is 0.925. The van der Waals surface area contributed by atoms with Gasteiger partial charge in [-0.25, -0.2) is 9.78 Å². The maximum atomic E-state index is 11.0. The lowest BCUT2D eigenvalue weighted by atomic mass is 9.99. The van der Waals surface area contributed by atoms with Gasteiger partial charge in [-0.1, -0.05) is 13.8 Å². The molecule has 110 valence electrons. The molecule has 6 heteroatoms. The monoisotopic (exact) mass is 328 g/mol. The van der Waals surface area contributed by atoms with E-state index in [1.807, 2.05) is 12.1 Å². The van der Waals surface area contributed by atoms with Crippen LogP contribution in [0.1, 0.15) is 40.6 Å². The Balaban J connectivity index is 2.16. The molecule has 0 fully saturated rings. The average Bonchev–Trinajstić information content (AvgIpc) is 3.12. The van der Waals surface area contributed by atoms with Crippen molar-refractivity contribution in [2.45, 2.75) is 19.8 Å². The Hall–Kier alpha value is -2.23. The van der Waals surface area contributed by atoms with Gasteiger partial charge < -0.3 is 5.11 Å². The first kappa shape index (κ1) is 14.7. The molecule has 0 saturated heterocycles. The van der Waals surface area contributed by atoms with Gasteiger partial charge in [-0.2, -0.15) is 5.26 Å². The highest BCUT2D eigenvalue weighted by molar-refractivity contribution is 7.26. The number of nitrogens with zero attached hydrogens (tertiary/aromatic N) is 2. The number of aromatic nitrogens is 1. The van der Waals surface area contributed by atoms with E-state index in [-0.39, 0.29) is 4.88 Å². The summed E-state index contributed by atoms with van der Waals surface area (Å²) in [4.78, 5) is 16.3. The minimum absolute atomic E-state index is 0.218. The molecule has 0 unspecified atom stereocenters. The Kier molecular flexibility index (Phi) is 3.69. The van der Waals surface area contributed by atoms with Crippen LogP contribution in [0.5, 0.6) is 0 Å². The van der Waals surface area contributed by atoms with Gasteiger partial charge in [-0.3, -0.25) is 0 Å². The summed E-state index contributed by atoms with van der Waals surface area (Å²) in [6.45, 7) is 4.19. The maximum absolute atomic E-state index is 11.0. The summed E-state index contributed by atoms with van der Waals surface area (Å²) in [5.41, 5.74) is 1.78. The number of thiophene rings is 1. The molecule has 0 amide bonds. The summed E-state index contributed by atoms with van der Waals surface area (Å²) in [5.74, 6) is -0.622. The molecular formula is C16H12N2O2S2. The number of aromatic carboxylic acids is 1.